The van der Waals surface area contributed by atoms with Gasteiger partial charge in [0.15, 0.2) is 0 Å². The monoisotopic (exact) mass is 848 g/mol. The van der Waals surface area contributed by atoms with Crippen LogP contribution >= 0.6 is 0 Å². The molecule has 4 aromatic heterocycles. The second-order valence-corrected chi connectivity index (χ2v) is 13.7. The van der Waals surface area contributed by atoms with Crippen molar-refractivity contribution in [2.24, 2.45) is 0 Å². The summed E-state index contributed by atoms with van der Waals surface area (Å²) in [6, 6.07) is 39.4. The number of nitrogens with zero attached hydrogens (tertiary/aromatic N) is 8. The molecule has 0 atom stereocenters. The van der Waals surface area contributed by atoms with Gasteiger partial charge in [-0.25, -0.2) is 19.9 Å². The van der Waals surface area contributed by atoms with Gasteiger partial charge in [0.25, 0.3) is 0 Å². The Balaban J connectivity index is 1.26. The molecule has 0 saturated heterocycles. The number of rotatable bonds is 8. The molecule has 12 nitrogen and oxygen atoms in total. The molecule has 0 aliphatic rings. The van der Waals surface area contributed by atoms with Gasteiger partial charge in [0.05, 0.1) is 33.9 Å². The first-order chi connectivity index (χ1) is 31.9. The summed E-state index contributed by atoms with van der Waals surface area (Å²) in [7, 11) is 6.22. The van der Waals surface area contributed by atoms with E-state index in [0.717, 1.165) is 44.5 Å². The minimum absolute atomic E-state index is 0.353. The molecule has 0 aliphatic heterocycles. The second-order valence-electron chi connectivity index (χ2n) is 13.7. The topological polar surface area (TPSA) is 140 Å². The van der Waals surface area contributed by atoms with E-state index in [4.69, 9.17) is 18.9 Å². The highest BCUT2D eigenvalue weighted by molar-refractivity contribution is 5.62. The summed E-state index contributed by atoms with van der Waals surface area (Å²) in [5, 5.41) is 0. The summed E-state index contributed by atoms with van der Waals surface area (Å²) < 4.78 is 21.1. The molecule has 0 saturated carbocycles. The Morgan fingerprint density at radius 3 is 0.708 bits per heavy atom. The van der Waals surface area contributed by atoms with Gasteiger partial charge >= 0.3 is 0 Å². The van der Waals surface area contributed by atoms with Gasteiger partial charge in [0, 0.05) is 71.3 Å². The van der Waals surface area contributed by atoms with E-state index >= 15 is 0 Å². The van der Waals surface area contributed by atoms with E-state index in [9.17, 15) is 0 Å². The molecule has 0 amide bonds. The molecule has 65 heavy (non-hydrogen) atoms. The first kappa shape index (κ1) is 42.3. The van der Waals surface area contributed by atoms with Crippen LogP contribution < -0.4 is 18.9 Å². The largest absolute Gasteiger partial charge is 0.481 e. The normalized spacial score (nSPS) is 10.3. The quantitative estimate of drug-likeness (QED) is 0.117. The van der Waals surface area contributed by atoms with Crippen LogP contribution in [-0.2, 0) is 5.41 Å². The van der Waals surface area contributed by atoms with Gasteiger partial charge in [-0.1, -0.05) is 72.2 Å². The summed E-state index contributed by atoms with van der Waals surface area (Å²) in [5.74, 6) is 28.2. The molecule has 0 aliphatic carbocycles. The molecule has 0 spiro atoms. The van der Waals surface area contributed by atoms with Crippen LogP contribution in [0.25, 0.3) is 0 Å². The third kappa shape index (κ3) is 10.1. The minimum Gasteiger partial charge on any atom is -0.481 e. The second kappa shape index (κ2) is 20.0. The van der Waals surface area contributed by atoms with Crippen molar-refractivity contribution < 1.29 is 18.9 Å². The fourth-order valence-electron chi connectivity index (χ4n) is 6.79. The Kier molecular flexibility index (Phi) is 13.0. The molecular formula is C53H36N8O4. The Labute approximate surface area is 376 Å². The highest BCUT2D eigenvalue weighted by Crippen LogP contribution is 2.45. The number of ether oxygens (including phenoxy) is 4. The van der Waals surface area contributed by atoms with Gasteiger partial charge in [-0.05, 0) is 94.5 Å². The highest BCUT2D eigenvalue weighted by atomic mass is 16.5. The molecule has 4 aromatic carbocycles. The van der Waals surface area contributed by atoms with E-state index in [1.807, 2.05) is 48.5 Å². The van der Waals surface area contributed by atoms with Crippen LogP contribution in [0.15, 0.2) is 146 Å². The lowest BCUT2D eigenvalue weighted by Crippen LogP contribution is -2.31. The van der Waals surface area contributed by atoms with Gasteiger partial charge in [-0.15, -0.1) is 0 Å². The number of hydrogen-bond acceptors (Lipinski definition) is 12. The molecule has 0 N–H and O–H groups in total. The van der Waals surface area contributed by atoms with Gasteiger partial charge in [-0.3, -0.25) is 0 Å². The van der Waals surface area contributed by atoms with Gasteiger partial charge in [-0.2, -0.15) is 19.9 Å². The van der Waals surface area contributed by atoms with Gasteiger partial charge in [0.1, 0.15) is 0 Å². The van der Waals surface area contributed by atoms with E-state index in [1.54, 1.807) is 77.5 Å². The van der Waals surface area contributed by atoms with E-state index in [0.29, 0.717) is 46.8 Å². The zero-order valence-corrected chi connectivity index (χ0v) is 35.6. The number of methoxy groups -OCH3 is 4. The number of hydrogen-bond donors (Lipinski definition) is 0. The summed E-state index contributed by atoms with van der Waals surface area (Å²) in [5.41, 5.74) is 6.09. The van der Waals surface area contributed by atoms with Crippen LogP contribution in [0, 0.1) is 47.4 Å². The SMILES string of the molecule is COc1ccnc(C#Cc2ccc(C(c3ccc(C#Cc4nccc(OC)n4)cc3)(c3ccc(C#Cc4nccc(OC)n4)cc3)c3ccc(C#Cc4nccc(OC)n4)cc3)cc2)n1. The van der Waals surface area contributed by atoms with E-state index in [2.05, 4.69) is 136 Å². The average Bonchev–Trinajstić information content (AvgIpc) is 3.38. The summed E-state index contributed by atoms with van der Waals surface area (Å²) >= 11 is 0. The summed E-state index contributed by atoms with van der Waals surface area (Å²) in [6.07, 6.45) is 6.46. The lowest BCUT2D eigenvalue weighted by atomic mass is 9.65. The van der Waals surface area contributed by atoms with Crippen LogP contribution in [-0.4, -0.2) is 68.3 Å². The molecule has 0 bridgehead atoms. The third-order valence-electron chi connectivity index (χ3n) is 9.90. The van der Waals surface area contributed by atoms with Crippen LogP contribution in [0.4, 0.5) is 0 Å². The highest BCUT2D eigenvalue weighted by Gasteiger charge is 2.38. The average molecular weight is 849 g/mol. The van der Waals surface area contributed by atoms with Crippen LogP contribution in [0.1, 0.15) is 67.8 Å². The number of benzene rings is 4. The lowest BCUT2D eigenvalue weighted by molar-refractivity contribution is 0.396. The molecular weight excluding hydrogens is 813 g/mol. The first-order valence-corrected chi connectivity index (χ1v) is 19.9. The van der Waals surface area contributed by atoms with E-state index in [1.165, 1.54) is 0 Å². The van der Waals surface area contributed by atoms with Crippen molar-refractivity contribution in [3.8, 4) is 70.9 Å². The van der Waals surface area contributed by atoms with Crippen molar-refractivity contribution in [3.63, 3.8) is 0 Å². The van der Waals surface area contributed by atoms with E-state index < -0.39 is 5.41 Å². The lowest BCUT2D eigenvalue weighted by Gasteiger charge is -2.37. The van der Waals surface area contributed by atoms with Crippen molar-refractivity contribution in [2.45, 2.75) is 5.41 Å². The van der Waals surface area contributed by atoms with Crippen LogP contribution in [0.5, 0.6) is 23.5 Å². The molecule has 12 heteroatoms. The standard InChI is InChI=1S/C53H36N8O4/c1-62-49-29-33-54-45(58-49)25-13-37-5-17-41(18-6-37)53(42-19-7-38(8-20-42)14-26-46-55-34-30-50(59-46)63-2,43-21-9-39(10-22-43)15-27-47-56-35-31-51(60-47)64-3)44-23-11-40(12-24-44)16-28-48-57-36-32-52(61-48)65-4/h5-12,17-24,29-36H,1-4H3. The van der Waals surface area contributed by atoms with Crippen molar-refractivity contribution in [3.05, 3.63) is 214 Å². The fraction of sp³-hybridized carbons (Fsp3) is 0.0943. The smallest absolute Gasteiger partial charge is 0.217 e. The number of aromatic nitrogens is 8. The maximum Gasteiger partial charge on any atom is 0.217 e. The van der Waals surface area contributed by atoms with E-state index in [-0.39, 0.29) is 0 Å². The van der Waals surface area contributed by atoms with Crippen LogP contribution in [0.2, 0.25) is 0 Å². The molecule has 0 radical (unpaired) electrons. The summed E-state index contributed by atoms with van der Waals surface area (Å²) in [4.78, 5) is 34.5. The van der Waals surface area contributed by atoms with Gasteiger partial charge in [0.2, 0.25) is 46.8 Å². The summed E-state index contributed by atoms with van der Waals surface area (Å²) in [6.45, 7) is 0. The van der Waals surface area contributed by atoms with Crippen molar-refractivity contribution >= 4 is 0 Å². The zero-order chi connectivity index (χ0) is 44.9. The zero-order valence-electron chi connectivity index (χ0n) is 35.6. The predicted octanol–water partition coefficient (Wildman–Crippen LogP) is 6.86. The molecule has 312 valence electrons. The van der Waals surface area contributed by atoms with Crippen LogP contribution in [0.3, 0.4) is 0 Å². The predicted molar refractivity (Wildman–Crippen MR) is 243 cm³/mol. The maximum absolute atomic E-state index is 5.26. The molecule has 8 aromatic rings. The Bertz CT molecular complexity index is 2780. The molecule has 0 unspecified atom stereocenters. The van der Waals surface area contributed by atoms with Gasteiger partial charge < -0.3 is 18.9 Å². The first-order valence-electron chi connectivity index (χ1n) is 19.9. The Hall–Kier alpha value is -9.36. The molecule has 4 heterocycles. The third-order valence-corrected chi connectivity index (χ3v) is 9.90. The fourth-order valence-corrected chi connectivity index (χ4v) is 6.79. The van der Waals surface area contributed by atoms with Crippen molar-refractivity contribution in [2.75, 3.05) is 28.4 Å². The Morgan fingerprint density at radius 2 is 0.508 bits per heavy atom. The molecule has 0 fully saturated rings. The Morgan fingerprint density at radius 1 is 0.292 bits per heavy atom. The minimum atomic E-state index is -0.881. The van der Waals surface area contributed by atoms with Crippen molar-refractivity contribution in [1.29, 1.82) is 0 Å². The molecule has 8 rings (SSSR count). The van der Waals surface area contributed by atoms with Crippen molar-refractivity contribution in [1.82, 2.24) is 39.9 Å². The maximum atomic E-state index is 5.26.